The molecular weight excluding hydrogens is 611 g/mol. The molecule has 0 aromatic carbocycles. The van der Waals surface area contributed by atoms with Gasteiger partial charge in [-0.3, -0.25) is 0 Å². The van der Waals surface area contributed by atoms with Gasteiger partial charge in [0.05, 0.1) is 0 Å². The zero-order valence-corrected chi connectivity index (χ0v) is 28.6. The van der Waals surface area contributed by atoms with E-state index in [1.807, 2.05) is 2.89 Å². The summed E-state index contributed by atoms with van der Waals surface area (Å²) in [7, 11) is 0. The summed E-state index contributed by atoms with van der Waals surface area (Å²) in [6.45, 7) is 17.9. The van der Waals surface area contributed by atoms with Crippen molar-refractivity contribution in [1.29, 1.82) is 0 Å². The maximum absolute atomic E-state index is 5.74. The molecule has 218 valence electrons. The number of unbranched alkanes of at least 4 members (excludes halogenated alkanes) is 3. The first kappa shape index (κ1) is 30.0. The van der Waals surface area contributed by atoms with Gasteiger partial charge in [0.25, 0.3) is 0 Å². The molecule has 0 amide bonds. The van der Waals surface area contributed by atoms with Crippen molar-refractivity contribution in [3.63, 3.8) is 0 Å². The van der Waals surface area contributed by atoms with Crippen molar-refractivity contribution in [2.24, 2.45) is 0 Å². The van der Waals surface area contributed by atoms with E-state index in [1.165, 1.54) is 73.4 Å². The van der Waals surface area contributed by atoms with Crippen LogP contribution in [0.3, 0.4) is 0 Å². The van der Waals surface area contributed by atoms with Crippen LogP contribution in [0.4, 0.5) is 5.82 Å². The molecular formula is C31H52N4O2SSn. The topological polar surface area (TPSA) is 41.1 Å². The van der Waals surface area contributed by atoms with Gasteiger partial charge in [-0.1, -0.05) is 0 Å². The molecule has 3 fully saturated rings. The van der Waals surface area contributed by atoms with Gasteiger partial charge in [-0.15, -0.1) is 0 Å². The van der Waals surface area contributed by atoms with Crippen molar-refractivity contribution < 1.29 is 9.47 Å². The van der Waals surface area contributed by atoms with Crippen LogP contribution in [-0.2, 0) is 16.0 Å². The van der Waals surface area contributed by atoms with Crippen molar-refractivity contribution >= 4 is 48.5 Å². The molecule has 0 aliphatic carbocycles. The van der Waals surface area contributed by atoms with Gasteiger partial charge in [-0.05, 0) is 0 Å². The number of aromatic nitrogens is 1. The van der Waals surface area contributed by atoms with E-state index >= 15 is 0 Å². The second kappa shape index (κ2) is 14.6. The van der Waals surface area contributed by atoms with Gasteiger partial charge in [-0.2, -0.15) is 0 Å². The summed E-state index contributed by atoms with van der Waals surface area (Å²) in [4.78, 5) is 13.1. The molecule has 39 heavy (non-hydrogen) atoms. The average molecular weight is 664 g/mol. The van der Waals surface area contributed by atoms with Gasteiger partial charge < -0.3 is 4.74 Å². The second-order valence-electron chi connectivity index (χ2n) is 12.1. The van der Waals surface area contributed by atoms with Crippen LogP contribution in [0.25, 0.3) is 10.1 Å². The molecule has 2 aromatic heterocycles. The molecule has 5 rings (SSSR count). The monoisotopic (exact) mass is 664 g/mol. The Hall–Kier alpha value is -0.451. The van der Waals surface area contributed by atoms with Crippen molar-refractivity contribution in [2.75, 3.05) is 70.6 Å². The van der Waals surface area contributed by atoms with Crippen LogP contribution in [0.5, 0.6) is 0 Å². The molecule has 0 bridgehead atoms. The molecule has 3 saturated heterocycles. The number of ether oxygens (including phenoxy) is 2. The second-order valence-corrected chi connectivity index (χ2v) is 27.4. The van der Waals surface area contributed by atoms with Crippen molar-refractivity contribution in [1.82, 2.24) is 14.8 Å². The number of rotatable bonds is 14. The number of anilines is 1. The molecule has 3 aliphatic heterocycles. The Labute approximate surface area is 245 Å². The van der Waals surface area contributed by atoms with E-state index in [9.17, 15) is 0 Å². The van der Waals surface area contributed by atoms with Crippen molar-refractivity contribution in [3.8, 4) is 0 Å². The molecule has 5 heterocycles. The summed E-state index contributed by atoms with van der Waals surface area (Å²) in [6, 6.07) is 5.82. The fourth-order valence-electron chi connectivity index (χ4n) is 6.79. The number of likely N-dealkylation sites (tertiary alicyclic amines) is 1. The number of morpholine rings is 2. The first-order chi connectivity index (χ1) is 19.2. The van der Waals surface area contributed by atoms with Gasteiger partial charge >= 0.3 is 242 Å². The van der Waals surface area contributed by atoms with Crippen LogP contribution in [0, 0.1) is 0 Å². The number of pyridine rings is 1. The zero-order valence-electron chi connectivity index (χ0n) is 24.9. The Bertz CT molecular complexity index is 1010. The molecule has 2 aromatic rings. The van der Waals surface area contributed by atoms with Gasteiger partial charge in [0.15, 0.2) is 0 Å². The molecule has 3 aliphatic rings. The summed E-state index contributed by atoms with van der Waals surface area (Å²) in [5.74, 6) is 1.24. The Morgan fingerprint density at radius 3 is 2.03 bits per heavy atom. The summed E-state index contributed by atoms with van der Waals surface area (Å²) < 4.78 is 19.2. The third-order valence-corrected chi connectivity index (χ3v) is 28.6. The fourth-order valence-corrected chi connectivity index (χ4v) is 27.1. The van der Waals surface area contributed by atoms with E-state index in [2.05, 4.69) is 58.9 Å². The minimum atomic E-state index is -2.49. The molecule has 0 atom stereocenters. The van der Waals surface area contributed by atoms with Crippen molar-refractivity contribution in [3.05, 3.63) is 17.8 Å². The van der Waals surface area contributed by atoms with E-state index < -0.39 is 18.4 Å². The average Bonchev–Trinajstić information content (AvgIpc) is 3.40. The van der Waals surface area contributed by atoms with Gasteiger partial charge in [0.1, 0.15) is 0 Å². The molecule has 0 radical (unpaired) electrons. The Morgan fingerprint density at radius 2 is 1.44 bits per heavy atom. The summed E-state index contributed by atoms with van der Waals surface area (Å²) in [5.41, 5.74) is 1.26. The first-order valence-corrected chi connectivity index (χ1v) is 24.3. The number of hydrogen-bond acceptors (Lipinski definition) is 7. The molecule has 0 unspecified atom stereocenters. The molecule has 8 heteroatoms. The summed E-state index contributed by atoms with van der Waals surface area (Å²) >= 11 is -0.315. The van der Waals surface area contributed by atoms with Crippen LogP contribution < -0.4 is 7.79 Å². The maximum atomic E-state index is 5.74. The van der Waals surface area contributed by atoms with Crippen LogP contribution in [0.2, 0.25) is 13.3 Å². The third kappa shape index (κ3) is 7.31. The molecule has 6 nitrogen and oxygen atoms in total. The van der Waals surface area contributed by atoms with Crippen LogP contribution >= 0.6 is 11.3 Å². The standard InChI is InChI=1S/C19H25N4O2S.3C4H9.Sn/c1-10-26-18-11-15(20-19(17(1)18)23-4-8-25-9-5-23)12-21-13-16(14-21)22-2-6-24-7-3-22;3*1-3-4-2;/h1,11,16H,2-9,12-14H2;3*1,3-4H2,2H3;. The number of hydrogen-bond donors (Lipinski definition) is 0. The van der Waals surface area contributed by atoms with E-state index in [4.69, 9.17) is 14.5 Å². The van der Waals surface area contributed by atoms with Gasteiger partial charge in [0.2, 0.25) is 0 Å². The first-order valence-electron chi connectivity index (χ1n) is 16.0. The predicted molar refractivity (Wildman–Crippen MR) is 169 cm³/mol. The van der Waals surface area contributed by atoms with Gasteiger partial charge in [0, 0.05) is 0 Å². The predicted octanol–water partition coefficient (Wildman–Crippen LogP) is 5.71. The number of fused-ring (bicyclic) bond motifs is 1. The van der Waals surface area contributed by atoms with Crippen LogP contribution in [-0.4, -0.2) is 105 Å². The zero-order chi connectivity index (χ0) is 27.1. The van der Waals surface area contributed by atoms with E-state index in [-0.39, 0.29) is 0 Å². The fraction of sp³-hybridized carbons (Fsp3) is 0.774. The molecule has 0 N–H and O–H groups in total. The van der Waals surface area contributed by atoms with E-state index in [0.29, 0.717) is 6.04 Å². The van der Waals surface area contributed by atoms with Crippen molar-refractivity contribution in [2.45, 2.75) is 85.2 Å². The van der Waals surface area contributed by atoms with Crippen LogP contribution in [0.15, 0.2) is 12.1 Å². The third-order valence-electron chi connectivity index (χ3n) is 9.29. The number of nitrogens with zero attached hydrogens (tertiary/aromatic N) is 4. The van der Waals surface area contributed by atoms with Gasteiger partial charge in [-0.25, -0.2) is 0 Å². The molecule has 0 spiro atoms. The quantitative estimate of drug-likeness (QED) is 0.242. The number of thiophene rings is 1. The van der Waals surface area contributed by atoms with E-state index in [0.717, 1.165) is 72.2 Å². The Balaban J connectivity index is 1.43. The SMILES string of the molecule is CCC[CH2][Sn]([CH2]CCC)([CH2]CCC)[c]1cc2c(N3CCOCC3)nc(CN3CC(N4CCOCC4)C3)cc2s1. The van der Waals surface area contributed by atoms with Crippen LogP contribution in [0.1, 0.15) is 65.0 Å². The Morgan fingerprint density at radius 1 is 0.846 bits per heavy atom. The summed E-state index contributed by atoms with van der Waals surface area (Å²) in [5, 5.41) is 1.43. The minimum absolute atomic E-state index is 0.690. The normalized spacial score (nSPS) is 20.1. The molecule has 0 saturated carbocycles. The Kier molecular flexibility index (Phi) is 11.3. The van der Waals surface area contributed by atoms with E-state index in [1.54, 1.807) is 0 Å². The summed E-state index contributed by atoms with van der Waals surface area (Å²) in [6.07, 6.45) is 8.22.